The summed E-state index contributed by atoms with van der Waals surface area (Å²) in [4.78, 5) is 4.96. The molecule has 2 aromatic heterocycles. The minimum atomic E-state index is 0.879. The lowest BCUT2D eigenvalue weighted by molar-refractivity contribution is 0.420. The van der Waals surface area contributed by atoms with Gasteiger partial charge in [-0.2, -0.15) is 0 Å². The summed E-state index contributed by atoms with van der Waals surface area (Å²) in [5.74, 6) is 0.879. The van der Waals surface area contributed by atoms with Gasteiger partial charge in [-0.1, -0.05) is 48.5 Å². The number of nitrogens with zero attached hydrogens (tertiary/aromatic N) is 2. The van der Waals surface area contributed by atoms with Crippen molar-refractivity contribution < 1.29 is 4.74 Å². The fourth-order valence-electron chi connectivity index (χ4n) is 3.55. The van der Waals surface area contributed by atoms with E-state index in [1.54, 1.807) is 7.11 Å². The number of hydrogen-bond acceptors (Lipinski definition) is 2. The van der Waals surface area contributed by atoms with Crippen LogP contribution in [0.1, 0.15) is 0 Å². The Labute approximate surface area is 145 Å². The normalized spacial score (nSPS) is 11.4. The monoisotopic (exact) mass is 324 g/mol. The molecule has 120 valence electrons. The van der Waals surface area contributed by atoms with Gasteiger partial charge in [-0.3, -0.25) is 0 Å². The Kier molecular flexibility index (Phi) is 3.01. The van der Waals surface area contributed by atoms with E-state index >= 15 is 0 Å². The van der Waals surface area contributed by atoms with Crippen molar-refractivity contribution >= 4 is 27.5 Å². The third-order valence-corrected chi connectivity index (χ3v) is 4.67. The van der Waals surface area contributed by atoms with Crippen molar-refractivity contribution in [1.29, 1.82) is 0 Å². The van der Waals surface area contributed by atoms with E-state index < -0.39 is 0 Å². The summed E-state index contributed by atoms with van der Waals surface area (Å²) in [5, 5.41) is 1.10. The fraction of sp³-hybridized carbons (Fsp3) is 0.0455. The van der Waals surface area contributed by atoms with E-state index in [0.29, 0.717) is 0 Å². The van der Waals surface area contributed by atoms with E-state index in [2.05, 4.69) is 46.9 Å². The molecule has 0 N–H and O–H groups in total. The van der Waals surface area contributed by atoms with Crippen LogP contribution < -0.4 is 4.74 Å². The number of benzene rings is 3. The first kappa shape index (κ1) is 14.1. The van der Waals surface area contributed by atoms with E-state index in [1.807, 2.05) is 36.4 Å². The molecule has 5 aromatic rings. The van der Waals surface area contributed by atoms with Gasteiger partial charge in [0.05, 0.1) is 34.9 Å². The summed E-state index contributed by atoms with van der Waals surface area (Å²) < 4.78 is 7.86. The minimum Gasteiger partial charge on any atom is -0.496 e. The van der Waals surface area contributed by atoms with Crippen molar-refractivity contribution in [3.05, 3.63) is 78.9 Å². The quantitative estimate of drug-likeness (QED) is 0.439. The second-order valence-corrected chi connectivity index (χ2v) is 6.07. The molecule has 0 bridgehead atoms. The molecular formula is C22H16N2O. The Morgan fingerprint density at radius 2 is 1.52 bits per heavy atom. The van der Waals surface area contributed by atoms with Gasteiger partial charge in [-0.05, 0) is 30.3 Å². The first-order valence-corrected chi connectivity index (χ1v) is 8.29. The first-order valence-electron chi connectivity index (χ1n) is 8.29. The SMILES string of the molecule is COc1cccc2c1cc1c(-c3ccccc3)nc3ccccc3n12. The molecule has 0 fully saturated rings. The van der Waals surface area contributed by atoms with Crippen LogP contribution in [-0.2, 0) is 0 Å². The van der Waals surface area contributed by atoms with Gasteiger partial charge in [0.25, 0.3) is 0 Å². The average Bonchev–Trinajstić information content (AvgIpc) is 3.08. The third-order valence-electron chi connectivity index (χ3n) is 4.67. The lowest BCUT2D eigenvalue weighted by atomic mass is 10.1. The molecule has 0 saturated heterocycles. The van der Waals surface area contributed by atoms with E-state index in [4.69, 9.17) is 9.72 Å². The van der Waals surface area contributed by atoms with Gasteiger partial charge in [0.2, 0.25) is 0 Å². The van der Waals surface area contributed by atoms with Crippen LogP contribution in [0.25, 0.3) is 38.7 Å². The van der Waals surface area contributed by atoms with Crippen molar-refractivity contribution in [3.63, 3.8) is 0 Å². The number of methoxy groups -OCH3 is 1. The molecule has 0 aliphatic carbocycles. The zero-order chi connectivity index (χ0) is 16.8. The molecule has 2 heterocycles. The van der Waals surface area contributed by atoms with Crippen LogP contribution in [0.3, 0.4) is 0 Å². The molecule has 0 spiro atoms. The van der Waals surface area contributed by atoms with Gasteiger partial charge in [0.15, 0.2) is 0 Å². The molecule has 0 aliphatic rings. The number of rotatable bonds is 2. The lowest BCUT2D eigenvalue weighted by Gasteiger charge is -2.09. The molecule has 3 heteroatoms. The topological polar surface area (TPSA) is 26.5 Å². The summed E-state index contributed by atoms with van der Waals surface area (Å²) in [5.41, 5.74) is 6.39. The number of ether oxygens (including phenoxy) is 1. The van der Waals surface area contributed by atoms with Gasteiger partial charge >= 0.3 is 0 Å². The maximum atomic E-state index is 5.58. The molecule has 0 amide bonds. The highest BCUT2D eigenvalue weighted by Gasteiger charge is 2.15. The maximum absolute atomic E-state index is 5.58. The van der Waals surface area contributed by atoms with Crippen LogP contribution in [0.15, 0.2) is 78.9 Å². The number of hydrogen-bond donors (Lipinski definition) is 0. The summed E-state index contributed by atoms with van der Waals surface area (Å²) in [7, 11) is 1.71. The molecule has 5 rings (SSSR count). The predicted molar refractivity (Wildman–Crippen MR) is 102 cm³/mol. The summed E-state index contributed by atoms with van der Waals surface area (Å²) in [6.45, 7) is 0. The molecule has 3 aromatic carbocycles. The molecule has 0 aliphatic heterocycles. The van der Waals surface area contributed by atoms with Gasteiger partial charge in [0, 0.05) is 10.9 Å². The fourth-order valence-corrected chi connectivity index (χ4v) is 3.55. The van der Waals surface area contributed by atoms with E-state index in [-0.39, 0.29) is 0 Å². The van der Waals surface area contributed by atoms with E-state index in [9.17, 15) is 0 Å². The van der Waals surface area contributed by atoms with Crippen molar-refractivity contribution in [3.8, 4) is 17.0 Å². The summed E-state index contributed by atoms with van der Waals surface area (Å²) >= 11 is 0. The Hall–Kier alpha value is -3.33. The van der Waals surface area contributed by atoms with Crippen LogP contribution >= 0.6 is 0 Å². The third kappa shape index (κ3) is 2.02. The highest BCUT2D eigenvalue weighted by atomic mass is 16.5. The Morgan fingerprint density at radius 1 is 0.760 bits per heavy atom. The van der Waals surface area contributed by atoms with Gasteiger partial charge in [-0.25, -0.2) is 4.98 Å². The zero-order valence-corrected chi connectivity index (χ0v) is 13.8. The molecule has 3 nitrogen and oxygen atoms in total. The second kappa shape index (κ2) is 5.35. The minimum absolute atomic E-state index is 0.879. The standard InChI is InChI=1S/C22H16N2O/c1-25-21-13-7-12-18-16(21)14-20-22(15-8-3-2-4-9-15)23-17-10-5-6-11-19(17)24(18)20/h2-14H,1H3. The Bertz CT molecular complexity index is 1220. The van der Waals surface area contributed by atoms with Crippen molar-refractivity contribution in [1.82, 2.24) is 9.38 Å². The van der Waals surface area contributed by atoms with Crippen molar-refractivity contribution in [2.24, 2.45) is 0 Å². The molecule has 0 atom stereocenters. The highest BCUT2D eigenvalue weighted by molar-refractivity contribution is 6.00. The second-order valence-electron chi connectivity index (χ2n) is 6.07. The van der Waals surface area contributed by atoms with Crippen molar-refractivity contribution in [2.45, 2.75) is 0 Å². The molecule has 0 saturated carbocycles. The molecular weight excluding hydrogens is 308 g/mol. The highest BCUT2D eigenvalue weighted by Crippen LogP contribution is 2.35. The summed E-state index contributed by atoms with van der Waals surface area (Å²) in [6, 6.07) is 26.9. The molecule has 25 heavy (non-hydrogen) atoms. The molecule has 0 unspecified atom stereocenters. The van der Waals surface area contributed by atoms with Crippen LogP contribution in [0, 0.1) is 0 Å². The Morgan fingerprint density at radius 3 is 2.36 bits per heavy atom. The van der Waals surface area contributed by atoms with Crippen LogP contribution in [0.2, 0.25) is 0 Å². The average molecular weight is 324 g/mol. The largest absolute Gasteiger partial charge is 0.496 e. The van der Waals surface area contributed by atoms with Crippen molar-refractivity contribution in [2.75, 3.05) is 7.11 Å². The molecule has 0 radical (unpaired) electrons. The van der Waals surface area contributed by atoms with Crippen LogP contribution in [0.4, 0.5) is 0 Å². The smallest absolute Gasteiger partial charge is 0.128 e. The van der Waals surface area contributed by atoms with Gasteiger partial charge in [0.1, 0.15) is 5.75 Å². The predicted octanol–water partition coefficient (Wildman–Crippen LogP) is 5.32. The van der Waals surface area contributed by atoms with Crippen LogP contribution in [-0.4, -0.2) is 16.5 Å². The summed E-state index contributed by atoms with van der Waals surface area (Å²) in [6.07, 6.45) is 0. The first-order chi connectivity index (χ1) is 12.4. The van der Waals surface area contributed by atoms with E-state index in [1.165, 1.54) is 0 Å². The number of aromatic nitrogens is 2. The Balaban J connectivity index is 2.04. The number of fused-ring (bicyclic) bond motifs is 5. The van der Waals surface area contributed by atoms with Gasteiger partial charge in [-0.15, -0.1) is 0 Å². The van der Waals surface area contributed by atoms with Crippen LogP contribution in [0.5, 0.6) is 5.75 Å². The number of para-hydroxylation sites is 2. The zero-order valence-electron chi connectivity index (χ0n) is 13.8. The van der Waals surface area contributed by atoms with Gasteiger partial charge < -0.3 is 9.14 Å². The lowest BCUT2D eigenvalue weighted by Crippen LogP contribution is -1.95. The van der Waals surface area contributed by atoms with E-state index in [0.717, 1.165) is 44.5 Å². The maximum Gasteiger partial charge on any atom is 0.128 e.